The predicted octanol–water partition coefficient (Wildman–Crippen LogP) is 1.92. The fourth-order valence-corrected chi connectivity index (χ4v) is 1.59. The van der Waals surface area contributed by atoms with Crippen LogP contribution in [0.25, 0.3) is 0 Å². The lowest BCUT2D eigenvalue weighted by Gasteiger charge is -2.20. The molecule has 0 aliphatic heterocycles. The van der Waals surface area contributed by atoms with E-state index in [1.165, 1.54) is 0 Å². The molecule has 106 valence electrons. The van der Waals surface area contributed by atoms with Gasteiger partial charge < -0.3 is 10.6 Å². The molecule has 0 fully saturated rings. The molecule has 0 unspecified atom stereocenters. The van der Waals surface area contributed by atoms with E-state index in [1.807, 2.05) is 13.8 Å². The average molecular weight is 277 g/mol. The Labute approximate surface area is 115 Å². The van der Waals surface area contributed by atoms with Gasteiger partial charge in [-0.25, -0.2) is 0 Å². The molecule has 0 aromatic heterocycles. The molecule has 18 heavy (non-hydrogen) atoms. The fraction of sp³-hybridized carbons (Fsp3) is 0.846. The number of hydrogen-bond acceptors (Lipinski definition) is 2. The van der Waals surface area contributed by atoms with Crippen molar-refractivity contribution in [3.05, 3.63) is 0 Å². The van der Waals surface area contributed by atoms with Gasteiger partial charge in [0, 0.05) is 24.9 Å². The van der Waals surface area contributed by atoms with E-state index in [4.69, 9.17) is 11.6 Å². The quantitative estimate of drug-likeness (QED) is 0.526. The van der Waals surface area contributed by atoms with Gasteiger partial charge in [-0.1, -0.05) is 13.8 Å². The first-order valence-electron chi connectivity index (χ1n) is 6.51. The second-order valence-corrected chi connectivity index (χ2v) is 5.35. The normalized spacial score (nSPS) is 11.4. The summed E-state index contributed by atoms with van der Waals surface area (Å²) in [7, 11) is 0. The van der Waals surface area contributed by atoms with Gasteiger partial charge in [0.15, 0.2) is 0 Å². The van der Waals surface area contributed by atoms with Crippen LogP contribution in [0.4, 0.5) is 0 Å². The first-order valence-corrected chi connectivity index (χ1v) is 7.04. The summed E-state index contributed by atoms with van der Waals surface area (Å²) in [6.07, 6.45) is 1.68. The van der Waals surface area contributed by atoms with Crippen molar-refractivity contribution in [1.29, 1.82) is 0 Å². The smallest absolute Gasteiger partial charge is 0.226 e. The molecule has 0 saturated carbocycles. The summed E-state index contributed by atoms with van der Waals surface area (Å²) in [5.74, 6) is 0.318. The molecule has 0 aromatic rings. The Balaban J connectivity index is 3.87. The average Bonchev–Trinajstić information content (AvgIpc) is 2.35. The summed E-state index contributed by atoms with van der Waals surface area (Å²) in [5.41, 5.74) is -0.569. The monoisotopic (exact) mass is 276 g/mol. The van der Waals surface area contributed by atoms with Gasteiger partial charge in [-0.3, -0.25) is 9.59 Å². The van der Waals surface area contributed by atoms with Crippen molar-refractivity contribution in [2.75, 3.05) is 19.0 Å². The van der Waals surface area contributed by atoms with Gasteiger partial charge in [-0.15, -0.1) is 11.6 Å². The van der Waals surface area contributed by atoms with Gasteiger partial charge >= 0.3 is 0 Å². The molecule has 0 atom stereocenters. The van der Waals surface area contributed by atoms with Crippen LogP contribution in [-0.2, 0) is 9.59 Å². The highest BCUT2D eigenvalue weighted by Gasteiger charge is 2.25. The SMILES string of the molecule is CCC(CC)C(=O)NCCNC(=O)C(C)(C)CCl. The molecular formula is C13H25ClN2O2. The van der Waals surface area contributed by atoms with Crippen molar-refractivity contribution in [2.24, 2.45) is 11.3 Å². The Bertz CT molecular complexity index is 276. The van der Waals surface area contributed by atoms with Crippen molar-refractivity contribution < 1.29 is 9.59 Å². The Kier molecular flexibility index (Phi) is 8.00. The molecule has 0 spiro atoms. The van der Waals surface area contributed by atoms with E-state index in [0.29, 0.717) is 13.1 Å². The van der Waals surface area contributed by atoms with Crippen LogP contribution in [0.1, 0.15) is 40.5 Å². The lowest BCUT2D eigenvalue weighted by atomic mass is 9.95. The first-order chi connectivity index (χ1) is 8.38. The third-order valence-corrected chi connectivity index (χ3v) is 3.68. The first kappa shape index (κ1) is 17.2. The van der Waals surface area contributed by atoms with E-state index in [2.05, 4.69) is 10.6 Å². The highest BCUT2D eigenvalue weighted by molar-refractivity contribution is 6.19. The Morgan fingerprint density at radius 1 is 1.11 bits per heavy atom. The van der Waals surface area contributed by atoms with Crippen LogP contribution in [0.5, 0.6) is 0 Å². The maximum Gasteiger partial charge on any atom is 0.226 e. The minimum absolute atomic E-state index is 0.0610. The second kappa shape index (κ2) is 8.35. The van der Waals surface area contributed by atoms with E-state index < -0.39 is 5.41 Å². The Morgan fingerprint density at radius 3 is 2.06 bits per heavy atom. The van der Waals surface area contributed by atoms with Crippen LogP contribution in [0.15, 0.2) is 0 Å². The molecule has 0 bridgehead atoms. The van der Waals surface area contributed by atoms with Crippen molar-refractivity contribution in [2.45, 2.75) is 40.5 Å². The number of nitrogens with one attached hydrogen (secondary N) is 2. The van der Waals surface area contributed by atoms with Crippen LogP contribution < -0.4 is 10.6 Å². The van der Waals surface area contributed by atoms with Crippen molar-refractivity contribution >= 4 is 23.4 Å². The summed E-state index contributed by atoms with van der Waals surface area (Å²) in [5, 5.41) is 5.59. The molecule has 0 saturated heterocycles. The van der Waals surface area contributed by atoms with Gasteiger partial charge in [-0.2, -0.15) is 0 Å². The van der Waals surface area contributed by atoms with Crippen LogP contribution in [-0.4, -0.2) is 30.8 Å². The summed E-state index contributed by atoms with van der Waals surface area (Å²) >= 11 is 5.70. The minimum Gasteiger partial charge on any atom is -0.354 e. The molecule has 0 aromatic carbocycles. The number of alkyl halides is 1. The van der Waals surface area contributed by atoms with E-state index >= 15 is 0 Å². The van der Waals surface area contributed by atoms with E-state index in [0.717, 1.165) is 12.8 Å². The third kappa shape index (κ3) is 5.71. The summed E-state index contributed by atoms with van der Waals surface area (Å²) in [6.45, 7) is 8.47. The largest absolute Gasteiger partial charge is 0.354 e. The zero-order valence-corrected chi connectivity index (χ0v) is 12.6. The highest BCUT2D eigenvalue weighted by Crippen LogP contribution is 2.16. The van der Waals surface area contributed by atoms with E-state index in [-0.39, 0.29) is 23.6 Å². The van der Waals surface area contributed by atoms with Gasteiger partial charge in [0.2, 0.25) is 11.8 Å². The van der Waals surface area contributed by atoms with Gasteiger partial charge in [0.25, 0.3) is 0 Å². The molecule has 0 radical (unpaired) electrons. The van der Waals surface area contributed by atoms with Gasteiger partial charge in [-0.05, 0) is 26.7 Å². The molecule has 0 heterocycles. The predicted molar refractivity (Wildman–Crippen MR) is 74.6 cm³/mol. The van der Waals surface area contributed by atoms with Gasteiger partial charge in [0.05, 0.1) is 5.41 Å². The molecule has 5 heteroatoms. The number of carbonyl (C=O) groups excluding carboxylic acids is 2. The number of rotatable bonds is 8. The van der Waals surface area contributed by atoms with Crippen molar-refractivity contribution in [3.8, 4) is 0 Å². The second-order valence-electron chi connectivity index (χ2n) is 5.08. The van der Waals surface area contributed by atoms with E-state index in [1.54, 1.807) is 13.8 Å². The molecule has 0 aliphatic rings. The zero-order chi connectivity index (χ0) is 14.2. The number of halogens is 1. The lowest BCUT2D eigenvalue weighted by molar-refractivity contribution is -0.129. The highest BCUT2D eigenvalue weighted by atomic mass is 35.5. The topological polar surface area (TPSA) is 58.2 Å². The summed E-state index contributed by atoms with van der Waals surface area (Å²) in [6, 6.07) is 0. The lowest BCUT2D eigenvalue weighted by Crippen LogP contribution is -2.42. The number of carbonyl (C=O) groups is 2. The molecule has 2 amide bonds. The minimum atomic E-state index is -0.569. The third-order valence-electron chi connectivity index (χ3n) is 3.01. The van der Waals surface area contributed by atoms with Gasteiger partial charge in [0.1, 0.15) is 0 Å². The van der Waals surface area contributed by atoms with E-state index in [9.17, 15) is 9.59 Å². The maximum atomic E-state index is 11.7. The molecule has 0 rings (SSSR count). The molecule has 0 aliphatic carbocycles. The standard InChI is InChI=1S/C13H25ClN2O2/c1-5-10(6-2)11(17)15-7-8-16-12(18)13(3,4)9-14/h10H,5-9H2,1-4H3,(H,15,17)(H,16,18). The van der Waals surface area contributed by atoms with Crippen molar-refractivity contribution in [1.82, 2.24) is 10.6 Å². The van der Waals surface area contributed by atoms with Crippen LogP contribution in [0.3, 0.4) is 0 Å². The maximum absolute atomic E-state index is 11.7. The zero-order valence-electron chi connectivity index (χ0n) is 11.8. The van der Waals surface area contributed by atoms with Crippen molar-refractivity contribution in [3.63, 3.8) is 0 Å². The molecule has 4 nitrogen and oxygen atoms in total. The Morgan fingerprint density at radius 2 is 1.61 bits per heavy atom. The fourth-order valence-electron chi connectivity index (χ4n) is 1.47. The molecular weight excluding hydrogens is 252 g/mol. The number of hydrogen-bond donors (Lipinski definition) is 2. The Hall–Kier alpha value is -0.770. The summed E-state index contributed by atoms with van der Waals surface area (Å²) < 4.78 is 0. The van der Waals surface area contributed by atoms with Crippen LogP contribution in [0.2, 0.25) is 0 Å². The molecule has 2 N–H and O–H groups in total. The number of amides is 2. The van der Waals surface area contributed by atoms with Crippen LogP contribution >= 0.6 is 11.6 Å². The van der Waals surface area contributed by atoms with Crippen LogP contribution in [0, 0.1) is 11.3 Å². The summed E-state index contributed by atoms with van der Waals surface area (Å²) in [4.78, 5) is 23.3.